The van der Waals surface area contributed by atoms with E-state index >= 15 is 0 Å². The molecule has 148 valence electrons. The maximum absolute atomic E-state index is 12.9. The van der Waals surface area contributed by atoms with Crippen molar-refractivity contribution in [2.75, 3.05) is 27.2 Å². The summed E-state index contributed by atoms with van der Waals surface area (Å²) < 4.78 is 38.7. The van der Waals surface area contributed by atoms with E-state index in [0.29, 0.717) is 29.8 Å². The summed E-state index contributed by atoms with van der Waals surface area (Å²) in [5.41, 5.74) is 1.04. The topological polar surface area (TPSA) is 73.8 Å². The average Bonchev–Trinajstić information content (AvgIpc) is 3.11. The molecule has 2 rings (SSSR count). The summed E-state index contributed by atoms with van der Waals surface area (Å²) in [5.74, 6) is 0.415. The SMILES string of the molecule is CCNC(=NCc1ccc(S(=O)(=O)N(C)C)s1)NCCc1ccc(F)cc1. The second-order valence-electron chi connectivity index (χ2n) is 6.01. The van der Waals surface area contributed by atoms with E-state index in [9.17, 15) is 12.8 Å². The van der Waals surface area contributed by atoms with Crippen molar-refractivity contribution in [1.29, 1.82) is 0 Å². The molecule has 0 fully saturated rings. The average molecular weight is 413 g/mol. The van der Waals surface area contributed by atoms with Crippen LogP contribution in [0.5, 0.6) is 0 Å². The molecule has 1 aromatic carbocycles. The zero-order valence-electron chi connectivity index (χ0n) is 15.7. The Morgan fingerprint density at radius 2 is 1.85 bits per heavy atom. The molecular formula is C18H25FN4O2S2. The third-order valence-corrected chi connectivity index (χ3v) is 7.08. The molecule has 0 radical (unpaired) electrons. The Morgan fingerprint density at radius 3 is 2.48 bits per heavy atom. The summed E-state index contributed by atoms with van der Waals surface area (Å²) in [7, 11) is -0.377. The summed E-state index contributed by atoms with van der Waals surface area (Å²) in [6.45, 7) is 3.73. The molecule has 0 saturated carbocycles. The van der Waals surface area contributed by atoms with Crippen molar-refractivity contribution in [3.8, 4) is 0 Å². The molecule has 0 spiro atoms. The van der Waals surface area contributed by atoms with Gasteiger partial charge in [0.05, 0.1) is 6.54 Å². The van der Waals surface area contributed by atoms with Gasteiger partial charge in [0.25, 0.3) is 10.0 Å². The fraction of sp³-hybridized carbons (Fsp3) is 0.389. The first-order chi connectivity index (χ1) is 12.8. The van der Waals surface area contributed by atoms with Gasteiger partial charge >= 0.3 is 0 Å². The van der Waals surface area contributed by atoms with Gasteiger partial charge in [0.2, 0.25) is 0 Å². The van der Waals surface area contributed by atoms with Gasteiger partial charge in [0.1, 0.15) is 10.0 Å². The largest absolute Gasteiger partial charge is 0.357 e. The number of sulfonamides is 1. The van der Waals surface area contributed by atoms with Gasteiger partial charge < -0.3 is 10.6 Å². The number of hydrogen-bond donors (Lipinski definition) is 2. The van der Waals surface area contributed by atoms with Crippen molar-refractivity contribution in [2.24, 2.45) is 4.99 Å². The summed E-state index contributed by atoms with van der Waals surface area (Å²) in [6.07, 6.45) is 0.745. The zero-order valence-corrected chi connectivity index (χ0v) is 17.3. The van der Waals surface area contributed by atoms with Gasteiger partial charge in [-0.3, -0.25) is 0 Å². The molecule has 1 heterocycles. The van der Waals surface area contributed by atoms with Crippen LogP contribution in [-0.2, 0) is 23.0 Å². The number of nitrogens with one attached hydrogen (secondary N) is 2. The highest BCUT2D eigenvalue weighted by molar-refractivity contribution is 7.91. The molecule has 1 aromatic heterocycles. The maximum atomic E-state index is 12.9. The molecule has 0 amide bonds. The number of hydrogen-bond acceptors (Lipinski definition) is 4. The van der Waals surface area contributed by atoms with Crippen LogP contribution in [0.4, 0.5) is 4.39 Å². The molecule has 0 aliphatic carbocycles. The van der Waals surface area contributed by atoms with Gasteiger partial charge in [-0.25, -0.2) is 22.1 Å². The zero-order chi connectivity index (χ0) is 19.9. The van der Waals surface area contributed by atoms with Gasteiger partial charge in [-0.15, -0.1) is 11.3 Å². The lowest BCUT2D eigenvalue weighted by atomic mass is 10.1. The van der Waals surface area contributed by atoms with Crippen LogP contribution in [0.15, 0.2) is 45.6 Å². The Kier molecular flexibility index (Phi) is 7.76. The predicted octanol–water partition coefficient (Wildman–Crippen LogP) is 2.44. The Bertz CT molecular complexity index is 862. The summed E-state index contributed by atoms with van der Waals surface area (Å²) >= 11 is 1.22. The maximum Gasteiger partial charge on any atom is 0.252 e. The molecular weight excluding hydrogens is 387 g/mol. The first kappa shape index (κ1) is 21.3. The highest BCUT2D eigenvalue weighted by atomic mass is 32.2. The third-order valence-electron chi connectivity index (χ3n) is 3.73. The second kappa shape index (κ2) is 9.82. The lowest BCUT2D eigenvalue weighted by Crippen LogP contribution is -2.38. The highest BCUT2D eigenvalue weighted by Crippen LogP contribution is 2.24. The van der Waals surface area contributed by atoms with E-state index < -0.39 is 10.0 Å². The fourth-order valence-electron chi connectivity index (χ4n) is 2.24. The van der Waals surface area contributed by atoms with Crippen molar-refractivity contribution in [2.45, 2.75) is 24.1 Å². The van der Waals surface area contributed by atoms with E-state index in [2.05, 4.69) is 15.6 Å². The predicted molar refractivity (Wildman–Crippen MR) is 108 cm³/mol. The molecule has 0 aliphatic rings. The normalized spacial score (nSPS) is 12.4. The van der Waals surface area contributed by atoms with E-state index in [-0.39, 0.29) is 5.82 Å². The van der Waals surface area contributed by atoms with Crippen LogP contribution in [0.2, 0.25) is 0 Å². The first-order valence-electron chi connectivity index (χ1n) is 8.60. The van der Waals surface area contributed by atoms with E-state index in [0.717, 1.165) is 16.9 Å². The fourth-order valence-corrected chi connectivity index (χ4v) is 4.69. The first-order valence-corrected chi connectivity index (χ1v) is 10.9. The minimum Gasteiger partial charge on any atom is -0.357 e. The number of benzene rings is 1. The molecule has 0 bridgehead atoms. The Labute approximate surface area is 164 Å². The quantitative estimate of drug-likeness (QED) is 0.516. The minimum absolute atomic E-state index is 0.242. The van der Waals surface area contributed by atoms with Crippen LogP contribution in [0, 0.1) is 5.82 Å². The number of thiophene rings is 1. The van der Waals surface area contributed by atoms with Crippen LogP contribution in [-0.4, -0.2) is 45.9 Å². The minimum atomic E-state index is -3.41. The van der Waals surface area contributed by atoms with Gasteiger partial charge in [-0.1, -0.05) is 12.1 Å². The van der Waals surface area contributed by atoms with E-state index in [1.165, 1.54) is 41.9 Å². The Balaban J connectivity index is 1.95. The van der Waals surface area contributed by atoms with E-state index in [1.54, 1.807) is 24.3 Å². The van der Waals surface area contributed by atoms with E-state index in [4.69, 9.17) is 0 Å². The van der Waals surface area contributed by atoms with Crippen molar-refractivity contribution >= 4 is 27.3 Å². The van der Waals surface area contributed by atoms with Crippen molar-refractivity contribution in [1.82, 2.24) is 14.9 Å². The summed E-state index contributed by atoms with van der Waals surface area (Å²) in [4.78, 5) is 5.37. The van der Waals surface area contributed by atoms with Gasteiger partial charge in [0.15, 0.2) is 5.96 Å². The number of guanidine groups is 1. The molecule has 2 aromatic rings. The molecule has 6 nitrogen and oxygen atoms in total. The second-order valence-corrected chi connectivity index (χ2v) is 9.55. The van der Waals surface area contributed by atoms with Gasteiger partial charge in [-0.2, -0.15) is 0 Å². The lowest BCUT2D eigenvalue weighted by Gasteiger charge is -2.11. The van der Waals surface area contributed by atoms with Gasteiger partial charge in [0, 0.05) is 32.1 Å². The molecule has 0 unspecified atom stereocenters. The molecule has 9 heteroatoms. The Hall–Kier alpha value is -1.97. The molecule has 27 heavy (non-hydrogen) atoms. The van der Waals surface area contributed by atoms with Crippen LogP contribution < -0.4 is 10.6 Å². The van der Waals surface area contributed by atoms with Crippen molar-refractivity contribution < 1.29 is 12.8 Å². The van der Waals surface area contributed by atoms with Crippen molar-refractivity contribution in [3.05, 3.63) is 52.7 Å². The molecule has 0 atom stereocenters. The van der Waals surface area contributed by atoms with Crippen LogP contribution in [0.1, 0.15) is 17.4 Å². The smallest absolute Gasteiger partial charge is 0.252 e. The third kappa shape index (κ3) is 6.30. The van der Waals surface area contributed by atoms with Crippen LogP contribution in [0.3, 0.4) is 0 Å². The van der Waals surface area contributed by atoms with E-state index in [1.807, 2.05) is 6.92 Å². The van der Waals surface area contributed by atoms with Crippen LogP contribution in [0.25, 0.3) is 0 Å². The number of rotatable bonds is 8. The molecule has 2 N–H and O–H groups in total. The molecule has 0 saturated heterocycles. The summed E-state index contributed by atoms with van der Waals surface area (Å²) in [5, 5.41) is 6.39. The van der Waals surface area contributed by atoms with Crippen molar-refractivity contribution in [3.63, 3.8) is 0 Å². The Morgan fingerprint density at radius 1 is 1.15 bits per heavy atom. The lowest BCUT2D eigenvalue weighted by molar-refractivity contribution is 0.523. The van der Waals surface area contributed by atoms with Crippen LogP contribution >= 0.6 is 11.3 Å². The monoisotopic (exact) mass is 412 g/mol. The standard InChI is InChI=1S/C18H25FN4O2S2/c1-4-20-18(21-12-11-14-5-7-15(19)8-6-14)22-13-16-9-10-17(26-16)27(24,25)23(2)3/h5-10H,4,11-13H2,1-3H3,(H2,20,21,22). The summed E-state index contributed by atoms with van der Waals surface area (Å²) in [6, 6.07) is 9.82. The molecule has 0 aliphatic heterocycles. The van der Waals surface area contributed by atoms with Gasteiger partial charge in [-0.05, 0) is 43.2 Å². The number of aliphatic imine (C=N–C) groups is 1. The number of halogens is 1. The number of nitrogens with zero attached hydrogens (tertiary/aromatic N) is 2. The highest BCUT2D eigenvalue weighted by Gasteiger charge is 2.19.